The fourth-order valence-electron chi connectivity index (χ4n) is 2.90. The Labute approximate surface area is 159 Å². The molecule has 0 amide bonds. The second-order valence-corrected chi connectivity index (χ2v) is 6.22. The van der Waals surface area contributed by atoms with Crippen LogP contribution in [-0.4, -0.2) is 39.0 Å². The van der Waals surface area contributed by atoms with E-state index in [9.17, 15) is 0 Å². The molecule has 0 radical (unpaired) electrons. The fourth-order valence-corrected chi connectivity index (χ4v) is 2.90. The zero-order valence-electron chi connectivity index (χ0n) is 15.3. The summed E-state index contributed by atoms with van der Waals surface area (Å²) in [7, 11) is 0. The van der Waals surface area contributed by atoms with Gasteiger partial charge >= 0.3 is 0 Å². The van der Waals surface area contributed by atoms with Gasteiger partial charge in [0.2, 0.25) is 0 Å². The highest BCUT2D eigenvalue weighted by atomic mass is 15.1. The fraction of sp³-hybridized carbons (Fsp3) is 0.300. The minimum absolute atomic E-state index is 0.119. The molecular formula is C20H25N7. The lowest BCUT2D eigenvalue weighted by atomic mass is 9.96. The van der Waals surface area contributed by atoms with Crippen molar-refractivity contribution >= 4 is 5.96 Å². The molecule has 3 heterocycles. The van der Waals surface area contributed by atoms with Crippen LogP contribution < -0.4 is 11.1 Å². The molecule has 27 heavy (non-hydrogen) atoms. The molecule has 0 unspecified atom stereocenters. The SMILES string of the molecule is NC(=NCCCc1cnc[nH]1)NCCC(c1ccccn1)c1ccccn1. The second-order valence-electron chi connectivity index (χ2n) is 6.22. The molecule has 140 valence electrons. The van der Waals surface area contributed by atoms with E-state index in [-0.39, 0.29) is 5.92 Å². The highest BCUT2D eigenvalue weighted by Crippen LogP contribution is 2.24. The van der Waals surface area contributed by atoms with Crippen LogP contribution in [0.1, 0.15) is 35.8 Å². The molecule has 0 bridgehead atoms. The van der Waals surface area contributed by atoms with E-state index in [4.69, 9.17) is 5.73 Å². The van der Waals surface area contributed by atoms with Crippen LogP contribution in [0, 0.1) is 0 Å². The molecule has 0 atom stereocenters. The number of pyridine rings is 2. The van der Waals surface area contributed by atoms with Gasteiger partial charge in [-0.05, 0) is 43.5 Å². The normalized spacial score (nSPS) is 11.7. The van der Waals surface area contributed by atoms with Crippen molar-refractivity contribution in [2.75, 3.05) is 13.1 Å². The lowest BCUT2D eigenvalue weighted by molar-refractivity contribution is 0.657. The first-order chi connectivity index (χ1) is 13.3. The maximum Gasteiger partial charge on any atom is 0.188 e. The highest BCUT2D eigenvalue weighted by molar-refractivity contribution is 5.77. The molecule has 0 aliphatic carbocycles. The first-order valence-electron chi connectivity index (χ1n) is 9.16. The molecule has 3 aromatic rings. The van der Waals surface area contributed by atoms with E-state index >= 15 is 0 Å². The summed E-state index contributed by atoms with van der Waals surface area (Å²) in [4.78, 5) is 20.5. The topological polar surface area (TPSA) is 105 Å². The minimum atomic E-state index is 0.119. The number of aryl methyl sites for hydroxylation is 1. The van der Waals surface area contributed by atoms with Crippen LogP contribution in [0.2, 0.25) is 0 Å². The third-order valence-corrected chi connectivity index (χ3v) is 4.27. The molecule has 7 heteroatoms. The maximum atomic E-state index is 5.98. The van der Waals surface area contributed by atoms with Gasteiger partial charge in [-0.15, -0.1) is 0 Å². The van der Waals surface area contributed by atoms with Gasteiger partial charge in [-0.3, -0.25) is 15.0 Å². The molecule has 0 saturated carbocycles. The van der Waals surface area contributed by atoms with Crippen LogP contribution in [0.5, 0.6) is 0 Å². The summed E-state index contributed by atoms with van der Waals surface area (Å²) in [5, 5.41) is 3.20. The van der Waals surface area contributed by atoms with E-state index < -0.39 is 0 Å². The molecule has 3 aromatic heterocycles. The number of nitrogens with two attached hydrogens (primary N) is 1. The summed E-state index contributed by atoms with van der Waals surface area (Å²) in [6.07, 6.45) is 9.82. The molecular weight excluding hydrogens is 338 g/mol. The van der Waals surface area contributed by atoms with E-state index in [1.54, 1.807) is 6.33 Å². The standard InChI is InChI=1S/C20H25N7/c21-20(25-12-5-6-16-14-22-15-27-16)26-13-9-17(18-7-1-3-10-23-18)19-8-2-4-11-24-19/h1-4,7-8,10-11,14-15,17H,5-6,9,12-13H2,(H,22,27)(H3,21,25,26). The van der Waals surface area contributed by atoms with Crippen LogP contribution in [0.4, 0.5) is 0 Å². The third-order valence-electron chi connectivity index (χ3n) is 4.27. The third kappa shape index (κ3) is 5.91. The number of aliphatic imine (C=N–C) groups is 1. The molecule has 3 rings (SSSR count). The van der Waals surface area contributed by atoms with E-state index in [1.807, 2.05) is 55.0 Å². The summed E-state index contributed by atoms with van der Waals surface area (Å²) in [5.41, 5.74) is 9.12. The first kappa shape index (κ1) is 18.6. The van der Waals surface area contributed by atoms with Gasteiger partial charge < -0.3 is 16.0 Å². The van der Waals surface area contributed by atoms with E-state index in [0.29, 0.717) is 19.0 Å². The summed E-state index contributed by atoms with van der Waals surface area (Å²) in [6, 6.07) is 11.9. The largest absolute Gasteiger partial charge is 0.370 e. The van der Waals surface area contributed by atoms with Crippen molar-refractivity contribution in [3.8, 4) is 0 Å². The number of nitrogens with one attached hydrogen (secondary N) is 2. The van der Waals surface area contributed by atoms with Crippen molar-refractivity contribution in [2.45, 2.75) is 25.2 Å². The van der Waals surface area contributed by atoms with Crippen molar-refractivity contribution < 1.29 is 0 Å². The molecule has 0 spiro atoms. The molecule has 0 aliphatic rings. The predicted molar refractivity (Wildman–Crippen MR) is 106 cm³/mol. The number of nitrogens with zero attached hydrogens (tertiary/aromatic N) is 4. The number of hydrogen-bond acceptors (Lipinski definition) is 4. The van der Waals surface area contributed by atoms with Gasteiger partial charge in [0.25, 0.3) is 0 Å². The van der Waals surface area contributed by atoms with Gasteiger partial charge in [-0.25, -0.2) is 4.98 Å². The Balaban J connectivity index is 1.49. The lowest BCUT2D eigenvalue weighted by Gasteiger charge is -2.16. The summed E-state index contributed by atoms with van der Waals surface area (Å²) >= 11 is 0. The Morgan fingerprint density at radius 2 is 1.85 bits per heavy atom. The van der Waals surface area contributed by atoms with Gasteiger partial charge in [-0.1, -0.05) is 12.1 Å². The second kappa shape index (κ2) is 10.1. The van der Waals surface area contributed by atoms with Crippen molar-refractivity contribution in [2.24, 2.45) is 10.7 Å². The highest BCUT2D eigenvalue weighted by Gasteiger charge is 2.16. The zero-order valence-corrected chi connectivity index (χ0v) is 15.3. The van der Waals surface area contributed by atoms with Crippen LogP contribution in [0.25, 0.3) is 0 Å². The Morgan fingerprint density at radius 1 is 1.11 bits per heavy atom. The average Bonchev–Trinajstić information content (AvgIpc) is 3.23. The lowest BCUT2D eigenvalue weighted by Crippen LogP contribution is -2.33. The number of hydrogen-bond donors (Lipinski definition) is 3. The smallest absolute Gasteiger partial charge is 0.188 e. The zero-order chi connectivity index (χ0) is 18.7. The van der Waals surface area contributed by atoms with E-state index in [2.05, 4.69) is 30.2 Å². The van der Waals surface area contributed by atoms with E-state index in [1.165, 1.54) is 0 Å². The Bertz CT molecular complexity index is 761. The van der Waals surface area contributed by atoms with Gasteiger partial charge in [-0.2, -0.15) is 0 Å². The van der Waals surface area contributed by atoms with Crippen LogP contribution >= 0.6 is 0 Å². The van der Waals surface area contributed by atoms with Gasteiger partial charge in [0.15, 0.2) is 5.96 Å². The van der Waals surface area contributed by atoms with Crippen molar-refractivity contribution in [3.63, 3.8) is 0 Å². The Kier molecular flexibility index (Phi) is 6.92. The number of imidazole rings is 1. The van der Waals surface area contributed by atoms with Gasteiger partial charge in [0, 0.05) is 54.7 Å². The molecule has 4 N–H and O–H groups in total. The summed E-state index contributed by atoms with van der Waals surface area (Å²) in [5.74, 6) is 0.591. The van der Waals surface area contributed by atoms with Gasteiger partial charge in [0.1, 0.15) is 0 Å². The van der Waals surface area contributed by atoms with Crippen LogP contribution in [-0.2, 0) is 6.42 Å². The quantitative estimate of drug-likeness (QED) is 0.307. The number of aromatic amines is 1. The van der Waals surface area contributed by atoms with Crippen molar-refractivity contribution in [3.05, 3.63) is 78.4 Å². The van der Waals surface area contributed by atoms with Crippen molar-refractivity contribution in [1.82, 2.24) is 25.3 Å². The minimum Gasteiger partial charge on any atom is -0.370 e. The summed E-state index contributed by atoms with van der Waals surface area (Å²) < 4.78 is 0. The van der Waals surface area contributed by atoms with Crippen molar-refractivity contribution in [1.29, 1.82) is 0 Å². The number of guanidine groups is 1. The molecule has 0 aliphatic heterocycles. The molecule has 7 nitrogen and oxygen atoms in total. The number of aromatic nitrogens is 4. The maximum absolute atomic E-state index is 5.98. The monoisotopic (exact) mass is 363 g/mol. The molecule has 0 aromatic carbocycles. The number of rotatable bonds is 9. The van der Waals surface area contributed by atoms with Gasteiger partial charge in [0.05, 0.1) is 6.33 Å². The van der Waals surface area contributed by atoms with Crippen LogP contribution in [0.15, 0.2) is 66.3 Å². The Morgan fingerprint density at radius 3 is 2.44 bits per heavy atom. The number of H-pyrrole nitrogens is 1. The van der Waals surface area contributed by atoms with Crippen LogP contribution in [0.3, 0.4) is 0 Å². The predicted octanol–water partition coefficient (Wildman–Crippen LogP) is 2.26. The molecule has 0 fully saturated rings. The summed E-state index contributed by atoms with van der Waals surface area (Å²) in [6.45, 7) is 1.38. The average molecular weight is 363 g/mol. The molecule has 0 saturated heterocycles. The van der Waals surface area contributed by atoms with E-state index in [0.717, 1.165) is 36.3 Å². The first-order valence-corrected chi connectivity index (χ1v) is 9.16. The Hall–Kier alpha value is -3.22.